The van der Waals surface area contributed by atoms with Crippen LogP contribution in [0.15, 0.2) is 12.1 Å². The van der Waals surface area contributed by atoms with Gasteiger partial charge in [-0.05, 0) is 32.1 Å². The highest BCUT2D eigenvalue weighted by molar-refractivity contribution is 5.95. The summed E-state index contributed by atoms with van der Waals surface area (Å²) in [5.41, 5.74) is -0.314. The second-order valence-corrected chi connectivity index (χ2v) is 6.12. The van der Waals surface area contributed by atoms with E-state index in [-0.39, 0.29) is 29.8 Å². The van der Waals surface area contributed by atoms with Gasteiger partial charge >= 0.3 is 0 Å². The van der Waals surface area contributed by atoms with Gasteiger partial charge in [-0.25, -0.2) is 4.39 Å². The number of hydrogen-bond acceptors (Lipinski definition) is 4. The summed E-state index contributed by atoms with van der Waals surface area (Å²) in [5, 5.41) is 9.48. The van der Waals surface area contributed by atoms with E-state index in [1.54, 1.807) is 0 Å². The first-order chi connectivity index (χ1) is 10.9. The average Bonchev–Trinajstić information content (AvgIpc) is 2.91. The topological polar surface area (TPSA) is 53.0 Å². The fourth-order valence-electron chi connectivity index (χ4n) is 3.01. The first kappa shape index (κ1) is 17.6. The lowest BCUT2D eigenvalue weighted by Gasteiger charge is -2.20. The van der Waals surface area contributed by atoms with Crippen LogP contribution in [0.3, 0.4) is 0 Å². The highest BCUT2D eigenvalue weighted by Gasteiger charge is 2.36. The lowest BCUT2D eigenvalue weighted by molar-refractivity contribution is 0.0773. The van der Waals surface area contributed by atoms with Gasteiger partial charge in [0.25, 0.3) is 5.91 Å². The van der Waals surface area contributed by atoms with Gasteiger partial charge < -0.3 is 19.6 Å². The van der Waals surface area contributed by atoms with E-state index in [0.717, 1.165) is 0 Å². The van der Waals surface area contributed by atoms with Gasteiger partial charge in [0, 0.05) is 32.2 Å². The summed E-state index contributed by atoms with van der Waals surface area (Å²) in [6, 6.07) is 2.47. The van der Waals surface area contributed by atoms with E-state index in [1.165, 1.54) is 24.1 Å². The van der Waals surface area contributed by atoms with Crippen LogP contribution in [-0.2, 0) is 0 Å². The molecule has 1 fully saturated rings. The lowest BCUT2D eigenvalue weighted by Crippen LogP contribution is -2.31. The summed E-state index contributed by atoms with van der Waals surface area (Å²) in [7, 11) is 5.06. The number of hydrogen-bond donors (Lipinski definition) is 1. The van der Waals surface area contributed by atoms with Crippen LogP contribution >= 0.6 is 0 Å². The molecule has 2 atom stereocenters. The maximum Gasteiger partial charge on any atom is 0.256 e. The molecule has 7 heteroatoms. The fourth-order valence-corrected chi connectivity index (χ4v) is 3.01. The minimum absolute atomic E-state index is 0.0399. The van der Waals surface area contributed by atoms with E-state index in [0.29, 0.717) is 19.6 Å². The van der Waals surface area contributed by atoms with Gasteiger partial charge in [0.15, 0.2) is 11.6 Å². The van der Waals surface area contributed by atoms with Crippen LogP contribution in [-0.4, -0.2) is 68.3 Å². The number of carbonyl (C=O) groups excluding carboxylic acids is 1. The lowest BCUT2D eigenvalue weighted by atomic mass is 9.97. The van der Waals surface area contributed by atoms with Gasteiger partial charge in [-0.2, -0.15) is 4.39 Å². The molecule has 5 nitrogen and oxygen atoms in total. The molecule has 1 N–H and O–H groups in total. The molecule has 0 radical (unpaired) electrons. The highest BCUT2D eigenvalue weighted by Crippen LogP contribution is 2.28. The Balaban J connectivity index is 2.20. The number of benzene rings is 1. The third kappa shape index (κ3) is 3.61. The number of methoxy groups -OCH3 is 1. The van der Waals surface area contributed by atoms with Crippen LogP contribution in [0.4, 0.5) is 8.78 Å². The molecule has 0 aromatic heterocycles. The number of rotatable bonds is 5. The molecule has 23 heavy (non-hydrogen) atoms. The SMILES string of the molecule is COc1ccc(C(=O)N2C[C@@H](CN(C)C)[C@@H](CO)C2)c(F)c1F. The van der Waals surface area contributed by atoms with E-state index >= 15 is 0 Å². The minimum Gasteiger partial charge on any atom is -0.494 e. The third-order valence-electron chi connectivity index (χ3n) is 4.20. The summed E-state index contributed by atoms with van der Waals surface area (Å²) in [6.07, 6.45) is 0. The summed E-state index contributed by atoms with van der Waals surface area (Å²) in [5.74, 6) is -3.13. The van der Waals surface area contributed by atoms with Crippen LogP contribution in [0.5, 0.6) is 5.75 Å². The molecule has 1 heterocycles. The normalized spacial score (nSPS) is 21.1. The summed E-state index contributed by atoms with van der Waals surface area (Å²) < 4.78 is 32.6. The monoisotopic (exact) mass is 328 g/mol. The number of carbonyl (C=O) groups is 1. The summed E-state index contributed by atoms with van der Waals surface area (Å²) in [6.45, 7) is 1.42. The molecule has 1 aliphatic heterocycles. The van der Waals surface area contributed by atoms with Crippen LogP contribution in [0.1, 0.15) is 10.4 Å². The molecule has 1 aliphatic rings. The average molecular weight is 328 g/mol. The van der Waals surface area contributed by atoms with Crippen molar-refractivity contribution < 1.29 is 23.4 Å². The highest BCUT2D eigenvalue weighted by atomic mass is 19.2. The molecule has 0 spiro atoms. The van der Waals surface area contributed by atoms with Gasteiger partial charge in [-0.3, -0.25) is 4.79 Å². The van der Waals surface area contributed by atoms with Crippen LogP contribution in [0.2, 0.25) is 0 Å². The van der Waals surface area contributed by atoms with Crippen molar-refractivity contribution in [1.29, 1.82) is 0 Å². The molecule has 1 saturated heterocycles. The molecule has 0 bridgehead atoms. The molecule has 1 aromatic carbocycles. The molecule has 2 rings (SSSR count). The number of likely N-dealkylation sites (tertiary alicyclic amines) is 1. The van der Waals surface area contributed by atoms with Crippen molar-refractivity contribution >= 4 is 5.91 Å². The Labute approximate surface area is 134 Å². The molecular formula is C16H22F2N2O3. The Hall–Kier alpha value is -1.73. The molecule has 0 aliphatic carbocycles. The van der Waals surface area contributed by atoms with Gasteiger partial charge in [0.2, 0.25) is 5.82 Å². The van der Waals surface area contributed by atoms with Crippen LogP contribution in [0.25, 0.3) is 0 Å². The maximum absolute atomic E-state index is 14.1. The zero-order valence-corrected chi connectivity index (χ0v) is 13.6. The maximum atomic E-state index is 14.1. The van der Waals surface area contributed by atoms with Crippen molar-refractivity contribution in [3.8, 4) is 5.75 Å². The van der Waals surface area contributed by atoms with Gasteiger partial charge in [-0.15, -0.1) is 0 Å². The minimum atomic E-state index is -1.20. The number of aliphatic hydroxyl groups excluding tert-OH is 1. The molecule has 0 saturated carbocycles. The van der Waals surface area contributed by atoms with Crippen molar-refractivity contribution in [3.05, 3.63) is 29.3 Å². The third-order valence-corrected chi connectivity index (χ3v) is 4.20. The Morgan fingerprint density at radius 1 is 1.30 bits per heavy atom. The van der Waals surface area contributed by atoms with Crippen molar-refractivity contribution in [2.24, 2.45) is 11.8 Å². The smallest absolute Gasteiger partial charge is 0.256 e. The number of amides is 1. The number of halogens is 2. The van der Waals surface area contributed by atoms with Gasteiger partial charge in [-0.1, -0.05) is 0 Å². The molecular weight excluding hydrogens is 306 g/mol. The van der Waals surface area contributed by atoms with E-state index in [9.17, 15) is 18.7 Å². The van der Waals surface area contributed by atoms with Gasteiger partial charge in [0.1, 0.15) is 0 Å². The predicted molar refractivity (Wildman–Crippen MR) is 81.4 cm³/mol. The second-order valence-electron chi connectivity index (χ2n) is 6.12. The van der Waals surface area contributed by atoms with E-state index < -0.39 is 17.5 Å². The second kappa shape index (κ2) is 7.23. The van der Waals surface area contributed by atoms with Crippen molar-refractivity contribution in [1.82, 2.24) is 9.80 Å². The van der Waals surface area contributed by atoms with E-state index in [1.807, 2.05) is 19.0 Å². The summed E-state index contributed by atoms with van der Waals surface area (Å²) >= 11 is 0. The Bertz CT molecular complexity index is 581. The molecule has 1 amide bonds. The van der Waals surface area contributed by atoms with Gasteiger partial charge in [0.05, 0.1) is 12.7 Å². The Morgan fingerprint density at radius 3 is 2.52 bits per heavy atom. The molecule has 0 unspecified atom stereocenters. The Kier molecular flexibility index (Phi) is 5.54. The fraction of sp³-hybridized carbons (Fsp3) is 0.562. The van der Waals surface area contributed by atoms with E-state index in [2.05, 4.69) is 0 Å². The largest absolute Gasteiger partial charge is 0.494 e. The van der Waals surface area contributed by atoms with E-state index in [4.69, 9.17) is 4.74 Å². The van der Waals surface area contributed by atoms with Crippen LogP contribution < -0.4 is 4.74 Å². The molecule has 1 aromatic rings. The van der Waals surface area contributed by atoms with Crippen molar-refractivity contribution in [3.63, 3.8) is 0 Å². The Morgan fingerprint density at radius 2 is 1.96 bits per heavy atom. The zero-order valence-electron chi connectivity index (χ0n) is 13.6. The quantitative estimate of drug-likeness (QED) is 0.883. The number of ether oxygens (including phenoxy) is 1. The number of nitrogens with zero attached hydrogens (tertiary/aromatic N) is 2. The standard InChI is InChI=1S/C16H22F2N2O3/c1-19(2)6-10-7-20(8-11(10)9-21)16(22)12-4-5-13(23-3)15(18)14(12)17/h4-5,10-11,21H,6-9H2,1-3H3/t10-,11-/m1/s1. The predicted octanol–water partition coefficient (Wildman–Crippen LogP) is 1.22. The first-order valence-electron chi connectivity index (χ1n) is 7.45. The van der Waals surface area contributed by atoms with Crippen molar-refractivity contribution in [2.75, 3.05) is 47.4 Å². The molecule has 128 valence electrons. The van der Waals surface area contributed by atoms with Crippen molar-refractivity contribution in [2.45, 2.75) is 0 Å². The zero-order chi connectivity index (χ0) is 17.1. The van der Waals surface area contributed by atoms with Crippen LogP contribution in [0, 0.1) is 23.5 Å². The first-order valence-corrected chi connectivity index (χ1v) is 7.45. The summed E-state index contributed by atoms with van der Waals surface area (Å²) in [4.78, 5) is 15.9. The number of aliphatic hydroxyl groups is 1.